The molecule has 0 fully saturated rings. The largest absolute Gasteiger partial charge is 0.474 e. The van der Waals surface area contributed by atoms with Crippen molar-refractivity contribution in [2.24, 2.45) is 0 Å². The van der Waals surface area contributed by atoms with Crippen LogP contribution in [0.3, 0.4) is 0 Å². The SMILES string of the molecule is CC1(C)Oc2ccc(N)nc2N(CC(=O)Nc2ccc(Cl)cc2)C1=O. The van der Waals surface area contributed by atoms with Gasteiger partial charge in [0.2, 0.25) is 5.91 Å². The number of nitrogens with zero attached hydrogens (tertiary/aromatic N) is 2. The molecule has 2 heterocycles. The number of fused-ring (bicyclic) bond motifs is 1. The molecule has 8 heteroatoms. The third-order valence-electron chi connectivity index (χ3n) is 3.67. The molecule has 130 valence electrons. The third-order valence-corrected chi connectivity index (χ3v) is 3.92. The molecule has 1 aromatic heterocycles. The van der Waals surface area contributed by atoms with E-state index in [9.17, 15) is 9.59 Å². The van der Waals surface area contributed by atoms with Crippen molar-refractivity contribution in [2.45, 2.75) is 19.4 Å². The van der Waals surface area contributed by atoms with Crippen LogP contribution < -0.4 is 20.7 Å². The molecule has 1 aliphatic rings. The molecule has 25 heavy (non-hydrogen) atoms. The summed E-state index contributed by atoms with van der Waals surface area (Å²) in [5, 5.41) is 3.28. The Kier molecular flexibility index (Phi) is 4.26. The zero-order chi connectivity index (χ0) is 18.2. The Morgan fingerprint density at radius 3 is 2.64 bits per heavy atom. The number of carbonyl (C=O) groups is 2. The number of ether oxygens (including phenoxy) is 1. The predicted octanol–water partition coefficient (Wildman–Crippen LogP) is 2.46. The second kappa shape index (κ2) is 6.25. The zero-order valence-corrected chi connectivity index (χ0v) is 14.5. The quantitative estimate of drug-likeness (QED) is 0.876. The number of nitrogens with one attached hydrogen (secondary N) is 1. The summed E-state index contributed by atoms with van der Waals surface area (Å²) in [7, 11) is 0. The molecule has 2 aromatic rings. The Balaban J connectivity index is 1.85. The molecule has 7 nitrogen and oxygen atoms in total. The first-order chi connectivity index (χ1) is 11.8. The first-order valence-corrected chi connectivity index (χ1v) is 7.97. The van der Waals surface area contributed by atoms with Crippen LogP contribution in [-0.4, -0.2) is 28.9 Å². The van der Waals surface area contributed by atoms with Crippen LogP contribution in [0.2, 0.25) is 5.02 Å². The number of hydrogen-bond donors (Lipinski definition) is 2. The summed E-state index contributed by atoms with van der Waals surface area (Å²) < 4.78 is 5.67. The molecule has 1 aliphatic heterocycles. The molecular formula is C17H17ClN4O3. The Morgan fingerprint density at radius 1 is 1.28 bits per heavy atom. The van der Waals surface area contributed by atoms with Crippen molar-refractivity contribution in [3.8, 4) is 5.75 Å². The number of aromatic nitrogens is 1. The van der Waals surface area contributed by atoms with Crippen molar-refractivity contribution in [2.75, 3.05) is 22.5 Å². The van der Waals surface area contributed by atoms with Crippen molar-refractivity contribution < 1.29 is 14.3 Å². The summed E-state index contributed by atoms with van der Waals surface area (Å²) in [5.41, 5.74) is 5.18. The fourth-order valence-electron chi connectivity index (χ4n) is 2.49. The molecule has 0 radical (unpaired) electrons. The normalized spacial score (nSPS) is 15.3. The number of halogens is 1. The predicted molar refractivity (Wildman–Crippen MR) is 95.8 cm³/mol. The maximum Gasteiger partial charge on any atom is 0.272 e. The number of amides is 2. The van der Waals surface area contributed by atoms with Crippen molar-refractivity contribution in [3.05, 3.63) is 41.4 Å². The highest BCUT2D eigenvalue weighted by molar-refractivity contribution is 6.30. The lowest BCUT2D eigenvalue weighted by Gasteiger charge is -2.37. The lowest BCUT2D eigenvalue weighted by Crippen LogP contribution is -2.54. The Labute approximate surface area is 149 Å². The molecule has 0 unspecified atom stereocenters. The number of rotatable bonds is 3. The molecule has 0 spiro atoms. The minimum absolute atomic E-state index is 0.211. The van der Waals surface area contributed by atoms with Gasteiger partial charge in [0, 0.05) is 10.7 Å². The van der Waals surface area contributed by atoms with Crippen molar-refractivity contribution in [1.29, 1.82) is 0 Å². The van der Waals surface area contributed by atoms with E-state index in [-0.39, 0.29) is 30.0 Å². The standard InChI is InChI=1S/C17H17ClN4O3/c1-17(2)16(24)22(15-12(25-17)7-8-13(19)21-15)9-14(23)20-11-5-3-10(18)4-6-11/h3-8H,9H2,1-2H3,(H2,19,21)(H,20,23). The second-order valence-electron chi connectivity index (χ2n) is 6.12. The number of benzene rings is 1. The number of nitrogens with two attached hydrogens (primary N) is 1. The van der Waals surface area contributed by atoms with Gasteiger partial charge in [0.15, 0.2) is 17.2 Å². The summed E-state index contributed by atoms with van der Waals surface area (Å²) in [4.78, 5) is 30.5. The molecular weight excluding hydrogens is 344 g/mol. The Bertz CT molecular complexity index is 836. The first kappa shape index (κ1) is 17.0. The molecule has 0 atom stereocenters. The van der Waals surface area contributed by atoms with Gasteiger partial charge in [-0.05, 0) is 50.2 Å². The smallest absolute Gasteiger partial charge is 0.272 e. The van der Waals surface area contributed by atoms with Gasteiger partial charge in [-0.3, -0.25) is 14.5 Å². The average molecular weight is 361 g/mol. The number of carbonyl (C=O) groups excluding carboxylic acids is 2. The van der Waals surface area contributed by atoms with E-state index >= 15 is 0 Å². The molecule has 3 rings (SSSR count). The minimum Gasteiger partial charge on any atom is -0.474 e. The van der Waals surface area contributed by atoms with Gasteiger partial charge in [0.1, 0.15) is 12.4 Å². The van der Waals surface area contributed by atoms with Crippen LogP contribution in [0.4, 0.5) is 17.3 Å². The average Bonchev–Trinajstić information content (AvgIpc) is 2.55. The highest BCUT2D eigenvalue weighted by Crippen LogP contribution is 2.36. The minimum atomic E-state index is -1.11. The Morgan fingerprint density at radius 2 is 1.96 bits per heavy atom. The van der Waals surface area contributed by atoms with E-state index in [1.165, 1.54) is 4.90 Å². The molecule has 0 saturated carbocycles. The van der Waals surface area contributed by atoms with Gasteiger partial charge in [-0.1, -0.05) is 11.6 Å². The summed E-state index contributed by atoms with van der Waals surface area (Å²) in [6.07, 6.45) is 0. The van der Waals surface area contributed by atoms with Gasteiger partial charge < -0.3 is 15.8 Å². The van der Waals surface area contributed by atoms with Crippen LogP contribution in [0.15, 0.2) is 36.4 Å². The summed E-state index contributed by atoms with van der Waals surface area (Å²) in [6.45, 7) is 3.06. The summed E-state index contributed by atoms with van der Waals surface area (Å²) >= 11 is 5.83. The van der Waals surface area contributed by atoms with Crippen LogP contribution in [-0.2, 0) is 9.59 Å². The van der Waals surface area contributed by atoms with Crippen LogP contribution in [0, 0.1) is 0 Å². The van der Waals surface area contributed by atoms with E-state index < -0.39 is 5.60 Å². The molecule has 3 N–H and O–H groups in total. The number of nitrogen functional groups attached to an aromatic ring is 1. The second-order valence-corrected chi connectivity index (χ2v) is 6.55. The highest BCUT2D eigenvalue weighted by atomic mass is 35.5. The summed E-state index contributed by atoms with van der Waals surface area (Å²) in [5.74, 6) is 0.125. The van der Waals surface area contributed by atoms with Gasteiger partial charge in [0.25, 0.3) is 5.91 Å². The van der Waals surface area contributed by atoms with E-state index in [2.05, 4.69) is 10.3 Å². The molecule has 0 aliphatic carbocycles. The van der Waals surface area contributed by atoms with E-state index in [4.69, 9.17) is 22.1 Å². The van der Waals surface area contributed by atoms with Crippen molar-refractivity contribution in [3.63, 3.8) is 0 Å². The highest BCUT2D eigenvalue weighted by Gasteiger charge is 2.42. The van der Waals surface area contributed by atoms with Gasteiger partial charge in [0.05, 0.1) is 0 Å². The van der Waals surface area contributed by atoms with Gasteiger partial charge in [-0.2, -0.15) is 0 Å². The van der Waals surface area contributed by atoms with Gasteiger partial charge in [-0.25, -0.2) is 4.98 Å². The van der Waals surface area contributed by atoms with Gasteiger partial charge in [-0.15, -0.1) is 0 Å². The monoisotopic (exact) mass is 360 g/mol. The lowest BCUT2D eigenvalue weighted by atomic mass is 10.1. The third kappa shape index (κ3) is 3.51. The van der Waals surface area contributed by atoms with Crippen LogP contribution >= 0.6 is 11.6 Å². The van der Waals surface area contributed by atoms with Crippen molar-refractivity contribution >= 4 is 40.7 Å². The molecule has 1 aromatic carbocycles. The van der Waals surface area contributed by atoms with Crippen LogP contribution in [0.25, 0.3) is 0 Å². The van der Waals surface area contributed by atoms with Crippen LogP contribution in [0.1, 0.15) is 13.8 Å². The maximum absolute atomic E-state index is 12.7. The number of pyridine rings is 1. The topological polar surface area (TPSA) is 97.6 Å². The van der Waals surface area contributed by atoms with Gasteiger partial charge >= 0.3 is 0 Å². The lowest BCUT2D eigenvalue weighted by molar-refractivity contribution is -0.133. The zero-order valence-electron chi connectivity index (χ0n) is 13.7. The van der Waals surface area contributed by atoms with Crippen LogP contribution in [0.5, 0.6) is 5.75 Å². The maximum atomic E-state index is 12.7. The fraction of sp³-hybridized carbons (Fsp3) is 0.235. The summed E-state index contributed by atoms with van der Waals surface area (Å²) in [6, 6.07) is 9.90. The first-order valence-electron chi connectivity index (χ1n) is 7.59. The Hall–Kier alpha value is -2.80. The van der Waals surface area contributed by atoms with E-state index in [0.29, 0.717) is 16.5 Å². The number of anilines is 3. The van der Waals surface area contributed by atoms with E-state index in [1.54, 1.807) is 50.2 Å². The molecule has 2 amide bonds. The number of hydrogen-bond acceptors (Lipinski definition) is 5. The molecule has 0 bridgehead atoms. The fourth-order valence-corrected chi connectivity index (χ4v) is 2.61. The van der Waals surface area contributed by atoms with E-state index in [0.717, 1.165) is 0 Å². The molecule has 0 saturated heterocycles. The van der Waals surface area contributed by atoms with Crippen molar-refractivity contribution in [1.82, 2.24) is 4.98 Å². The van der Waals surface area contributed by atoms with E-state index in [1.807, 2.05) is 0 Å².